The number of hydrogen-bond acceptors (Lipinski definition) is 12. The number of Topliss-reactive ketones (excluding diaryl/α,β-unsaturated/α-hetero) is 1. The molecule has 1 unspecified atom stereocenters. The van der Waals surface area contributed by atoms with Gasteiger partial charge in [-0.15, -0.1) is 0 Å². The average Bonchev–Trinajstić information content (AvgIpc) is 3.66. The molecule has 8 rings (SSSR count). The quantitative estimate of drug-likeness (QED) is 0.147. The SMILES string of the molecule is CC1(C)O[C@H]2CC(=O)OC[C@]23C2CC[C@@]4(C)[C@H](c5ccoc5C[C@H](CCCCCO)[C@H](O)CO)OC(=O)[C@H]5O[C@@]54[C@]2(C2CCCCC2)[C@H](O)C(=O)[C@H]13. The van der Waals surface area contributed by atoms with Crippen LogP contribution in [-0.2, 0) is 39.8 Å². The van der Waals surface area contributed by atoms with Crippen LogP contribution < -0.4 is 0 Å². The van der Waals surface area contributed by atoms with Crippen LogP contribution >= 0.6 is 0 Å². The molecule has 0 bridgehead atoms. The number of cyclic esters (lactones) is 2. The number of furan rings is 1. The molecule has 3 saturated carbocycles. The van der Waals surface area contributed by atoms with Gasteiger partial charge in [0.25, 0.3) is 0 Å². The van der Waals surface area contributed by atoms with Crippen LogP contribution in [0, 0.1) is 39.9 Å². The highest BCUT2D eigenvalue weighted by atomic mass is 16.7. The molecule has 4 aliphatic heterocycles. The fourth-order valence-corrected chi connectivity index (χ4v) is 13.3. The van der Waals surface area contributed by atoms with E-state index in [1.165, 1.54) is 0 Å². The van der Waals surface area contributed by atoms with Gasteiger partial charge in [-0.05, 0) is 76.2 Å². The van der Waals surface area contributed by atoms with Crippen LogP contribution in [0.15, 0.2) is 16.7 Å². The smallest absolute Gasteiger partial charge is 0.339 e. The summed E-state index contributed by atoms with van der Waals surface area (Å²) in [7, 11) is 0. The van der Waals surface area contributed by atoms with E-state index >= 15 is 4.79 Å². The third kappa shape index (κ3) is 4.76. The second-order valence-corrected chi connectivity index (χ2v) is 17.8. The molecule has 7 fully saturated rings. The summed E-state index contributed by atoms with van der Waals surface area (Å²) in [6.45, 7) is 5.53. The van der Waals surface area contributed by atoms with Crippen molar-refractivity contribution in [3.63, 3.8) is 0 Å². The number of esters is 2. The van der Waals surface area contributed by atoms with Crippen molar-refractivity contribution in [1.82, 2.24) is 0 Å². The molecule has 1 aromatic heterocycles. The topological polar surface area (TPSA) is 185 Å². The van der Waals surface area contributed by atoms with Crippen molar-refractivity contribution >= 4 is 17.7 Å². The Labute approximate surface area is 304 Å². The van der Waals surface area contributed by atoms with Crippen LogP contribution in [0.3, 0.4) is 0 Å². The maximum atomic E-state index is 15.1. The summed E-state index contributed by atoms with van der Waals surface area (Å²) >= 11 is 0. The van der Waals surface area contributed by atoms with Gasteiger partial charge in [-0.25, -0.2) is 4.79 Å². The van der Waals surface area contributed by atoms with Crippen molar-refractivity contribution in [3.05, 3.63) is 23.7 Å². The number of rotatable bonds is 11. The van der Waals surface area contributed by atoms with Gasteiger partial charge in [0.05, 0.1) is 43.0 Å². The highest BCUT2D eigenvalue weighted by Gasteiger charge is 2.92. The Morgan fingerprint density at radius 1 is 0.962 bits per heavy atom. The molecular weight excluding hydrogens is 672 g/mol. The van der Waals surface area contributed by atoms with Crippen LogP contribution in [0.5, 0.6) is 0 Å². The Kier molecular flexibility index (Phi) is 9.06. The van der Waals surface area contributed by atoms with E-state index in [1.54, 1.807) is 6.26 Å². The van der Waals surface area contributed by atoms with Gasteiger partial charge in [0.2, 0.25) is 0 Å². The van der Waals surface area contributed by atoms with Crippen molar-refractivity contribution in [1.29, 1.82) is 0 Å². The minimum atomic E-state index is -1.43. The van der Waals surface area contributed by atoms with Crippen molar-refractivity contribution in [2.75, 3.05) is 19.8 Å². The van der Waals surface area contributed by atoms with Crippen LogP contribution in [0.4, 0.5) is 0 Å². The van der Waals surface area contributed by atoms with Crippen LogP contribution in [0.1, 0.15) is 115 Å². The average molecular weight is 729 g/mol. The maximum absolute atomic E-state index is 15.1. The van der Waals surface area contributed by atoms with Gasteiger partial charge in [-0.3, -0.25) is 9.59 Å². The monoisotopic (exact) mass is 728 g/mol. The van der Waals surface area contributed by atoms with Gasteiger partial charge >= 0.3 is 11.9 Å². The predicted molar refractivity (Wildman–Crippen MR) is 182 cm³/mol. The molecule has 12 nitrogen and oxygen atoms in total. The Balaban J connectivity index is 1.25. The highest BCUT2D eigenvalue weighted by molar-refractivity contribution is 5.92. The molecule has 0 radical (unpaired) electrons. The molecule has 4 N–H and O–H groups in total. The molecule has 288 valence electrons. The molecule has 3 aliphatic carbocycles. The van der Waals surface area contributed by atoms with Gasteiger partial charge in [0.15, 0.2) is 11.9 Å². The number of fused-ring (bicyclic) bond motifs is 1. The highest BCUT2D eigenvalue weighted by Crippen LogP contribution is 2.82. The molecule has 12 atom stereocenters. The number of carbonyl (C=O) groups excluding carboxylic acids is 3. The first kappa shape index (κ1) is 36.6. The van der Waals surface area contributed by atoms with Crippen molar-refractivity contribution in [2.24, 2.45) is 39.9 Å². The molecule has 1 aromatic rings. The van der Waals surface area contributed by atoms with E-state index in [4.69, 9.17) is 23.4 Å². The van der Waals surface area contributed by atoms with E-state index in [2.05, 4.69) is 6.92 Å². The molecular formula is C40H56O12. The van der Waals surface area contributed by atoms with Crippen LogP contribution in [-0.4, -0.2) is 93.6 Å². The van der Waals surface area contributed by atoms with Gasteiger partial charge in [0, 0.05) is 34.8 Å². The molecule has 12 heteroatoms. The fourth-order valence-electron chi connectivity index (χ4n) is 13.3. The zero-order chi connectivity index (χ0) is 36.8. The number of epoxide rings is 1. The van der Waals surface area contributed by atoms with Crippen molar-refractivity contribution in [3.8, 4) is 0 Å². The van der Waals surface area contributed by atoms with E-state index in [0.29, 0.717) is 43.4 Å². The van der Waals surface area contributed by atoms with E-state index in [1.807, 2.05) is 19.9 Å². The molecule has 2 spiro atoms. The van der Waals surface area contributed by atoms with Crippen LogP contribution in [0.25, 0.3) is 0 Å². The number of carbonyl (C=O) groups is 3. The number of hydrogen-bond donors (Lipinski definition) is 4. The zero-order valence-corrected chi connectivity index (χ0v) is 30.7. The summed E-state index contributed by atoms with van der Waals surface area (Å²) in [6.07, 6.45) is 5.47. The van der Waals surface area contributed by atoms with Gasteiger partial charge in [0.1, 0.15) is 30.2 Å². The van der Waals surface area contributed by atoms with Crippen molar-refractivity contribution in [2.45, 2.75) is 146 Å². The van der Waals surface area contributed by atoms with Gasteiger partial charge in [-0.1, -0.05) is 39.0 Å². The lowest BCUT2D eigenvalue weighted by atomic mass is 9.33. The number of aliphatic hydroxyl groups is 4. The predicted octanol–water partition coefficient (Wildman–Crippen LogP) is 3.73. The molecule has 5 heterocycles. The molecule has 0 aromatic carbocycles. The lowest BCUT2D eigenvalue weighted by Crippen LogP contribution is -2.79. The van der Waals surface area contributed by atoms with E-state index < -0.39 is 76.5 Å². The summed E-state index contributed by atoms with van der Waals surface area (Å²) in [6, 6.07) is 1.81. The van der Waals surface area contributed by atoms with Crippen LogP contribution in [0.2, 0.25) is 0 Å². The third-order valence-electron chi connectivity index (χ3n) is 15.2. The standard InChI is InChI=1S/C40H56O12/c1-36(2)31-30(45)32(46)39(23-11-7-4-8-12-23)27(38(31)21-49-29(44)19-28(38)51-36)13-15-37(3)33(50-35(47)34-40(37,39)52-34)24-14-17-48-26(24)18-22(25(43)20-42)10-6-5-9-16-41/h14,17,22-23,25,27-28,31-34,41-43,46H,4-13,15-16,18-21H2,1-3H3/t22-,25+,27?,28-,31+,32+,33-,34+,37-,38-,39-,40-/m0/s1. The number of unbranched alkanes of at least 4 members (excludes halogenated alkanes) is 2. The van der Waals surface area contributed by atoms with E-state index in [0.717, 1.165) is 44.9 Å². The third-order valence-corrected chi connectivity index (χ3v) is 15.2. The zero-order valence-electron chi connectivity index (χ0n) is 30.7. The van der Waals surface area contributed by atoms with Gasteiger partial charge in [-0.2, -0.15) is 0 Å². The normalized spacial score (nSPS) is 43.2. The molecule has 7 aliphatic rings. The molecule has 52 heavy (non-hydrogen) atoms. The first-order valence-corrected chi connectivity index (χ1v) is 19.7. The van der Waals surface area contributed by atoms with E-state index in [9.17, 15) is 30.0 Å². The van der Waals surface area contributed by atoms with Gasteiger partial charge < -0.3 is 43.8 Å². The van der Waals surface area contributed by atoms with E-state index in [-0.39, 0.29) is 49.1 Å². The minimum Gasteiger partial charge on any atom is -0.469 e. The summed E-state index contributed by atoms with van der Waals surface area (Å²) in [5, 5.41) is 42.9. The number of ether oxygens (including phenoxy) is 4. The fraction of sp³-hybridized carbons (Fsp3) is 0.825. The summed E-state index contributed by atoms with van der Waals surface area (Å²) in [5.74, 6) is -2.17. The Bertz CT molecular complexity index is 1560. The number of ketones is 1. The summed E-state index contributed by atoms with van der Waals surface area (Å²) in [5.41, 5.74) is -4.47. The lowest BCUT2D eigenvalue weighted by Gasteiger charge is -2.70. The molecule has 0 amide bonds. The first-order chi connectivity index (χ1) is 24.8. The molecule has 4 saturated heterocycles. The second kappa shape index (κ2) is 12.9. The second-order valence-electron chi connectivity index (χ2n) is 17.8. The minimum absolute atomic E-state index is 0.0201. The number of aliphatic hydroxyl groups excluding tert-OH is 4. The Morgan fingerprint density at radius 3 is 2.46 bits per heavy atom. The van der Waals surface area contributed by atoms with Crippen molar-refractivity contribution < 1.29 is 58.2 Å². The maximum Gasteiger partial charge on any atom is 0.339 e. The summed E-state index contributed by atoms with van der Waals surface area (Å²) < 4.78 is 31.9. The largest absolute Gasteiger partial charge is 0.469 e. The Hall–Kier alpha value is -2.35. The Morgan fingerprint density at radius 2 is 1.73 bits per heavy atom. The summed E-state index contributed by atoms with van der Waals surface area (Å²) in [4.78, 5) is 42.1. The lowest BCUT2D eigenvalue weighted by molar-refractivity contribution is -0.275. The first-order valence-electron chi connectivity index (χ1n) is 19.7.